The Morgan fingerprint density at radius 2 is 2.00 bits per heavy atom. The van der Waals surface area contributed by atoms with Gasteiger partial charge in [0.2, 0.25) is 0 Å². The van der Waals surface area contributed by atoms with Crippen molar-refractivity contribution in [2.75, 3.05) is 20.8 Å². The lowest BCUT2D eigenvalue weighted by Crippen LogP contribution is -2.30. The fourth-order valence-electron chi connectivity index (χ4n) is 3.65. The molecule has 3 aromatic rings. The number of carbonyl (C=O) groups excluding carboxylic acids is 1. The number of nitrogens with zero attached hydrogens (tertiary/aromatic N) is 2. The molecular formula is C20H21N3O3. The van der Waals surface area contributed by atoms with Gasteiger partial charge < -0.3 is 19.4 Å². The minimum Gasteiger partial charge on any atom is -0.493 e. The molecule has 6 nitrogen and oxygen atoms in total. The van der Waals surface area contributed by atoms with Crippen LogP contribution in [0.5, 0.6) is 11.5 Å². The topological polar surface area (TPSA) is 67.5 Å². The van der Waals surface area contributed by atoms with E-state index in [4.69, 9.17) is 9.47 Å². The molecule has 1 saturated heterocycles. The fraction of sp³-hybridized carbons (Fsp3) is 0.300. The van der Waals surface area contributed by atoms with Gasteiger partial charge in [0.1, 0.15) is 0 Å². The number of hydrogen-bond donors (Lipinski definition) is 1. The highest BCUT2D eigenvalue weighted by atomic mass is 16.5. The van der Waals surface area contributed by atoms with Gasteiger partial charge in [-0.3, -0.25) is 4.79 Å². The largest absolute Gasteiger partial charge is 0.493 e. The van der Waals surface area contributed by atoms with Crippen molar-refractivity contribution < 1.29 is 14.3 Å². The van der Waals surface area contributed by atoms with Crippen LogP contribution >= 0.6 is 0 Å². The summed E-state index contributed by atoms with van der Waals surface area (Å²) in [5.41, 5.74) is 3.47. The molecule has 26 heavy (non-hydrogen) atoms. The molecule has 1 atom stereocenters. The smallest absolute Gasteiger partial charge is 0.254 e. The highest BCUT2D eigenvalue weighted by Crippen LogP contribution is 2.37. The summed E-state index contributed by atoms with van der Waals surface area (Å²) in [5, 5.41) is 0. The number of hydrogen-bond acceptors (Lipinski definition) is 4. The van der Waals surface area contributed by atoms with Gasteiger partial charge in [0.15, 0.2) is 11.5 Å². The number of imidazole rings is 1. The Morgan fingerprint density at radius 1 is 1.15 bits per heavy atom. The number of methoxy groups -OCH3 is 2. The van der Waals surface area contributed by atoms with Crippen LogP contribution in [0.15, 0.2) is 42.7 Å². The monoisotopic (exact) mass is 351 g/mol. The third kappa shape index (κ3) is 2.77. The molecule has 1 aliphatic heterocycles. The van der Waals surface area contributed by atoms with Crippen LogP contribution in [0, 0.1) is 0 Å². The van der Waals surface area contributed by atoms with E-state index in [1.807, 2.05) is 41.3 Å². The first-order valence-corrected chi connectivity index (χ1v) is 8.67. The normalized spacial score (nSPS) is 16.8. The number of fused-ring (bicyclic) bond motifs is 1. The number of carbonyl (C=O) groups is 1. The zero-order valence-corrected chi connectivity index (χ0v) is 14.9. The first-order valence-electron chi connectivity index (χ1n) is 8.67. The van der Waals surface area contributed by atoms with Gasteiger partial charge in [-0.1, -0.05) is 6.07 Å². The molecule has 1 aliphatic rings. The van der Waals surface area contributed by atoms with Crippen LogP contribution in [-0.2, 0) is 0 Å². The number of aromatic nitrogens is 2. The molecule has 2 heterocycles. The average molecular weight is 351 g/mol. The third-order valence-corrected chi connectivity index (χ3v) is 4.97. The van der Waals surface area contributed by atoms with E-state index in [1.54, 1.807) is 20.5 Å². The van der Waals surface area contributed by atoms with E-state index in [9.17, 15) is 4.79 Å². The minimum atomic E-state index is 0.0405. The fourth-order valence-corrected chi connectivity index (χ4v) is 3.65. The molecule has 6 heteroatoms. The number of benzene rings is 2. The van der Waals surface area contributed by atoms with Crippen LogP contribution in [0.4, 0.5) is 0 Å². The zero-order valence-electron chi connectivity index (χ0n) is 14.9. The Morgan fingerprint density at radius 3 is 2.81 bits per heavy atom. The first kappa shape index (κ1) is 16.4. The molecule has 134 valence electrons. The number of amides is 1. The molecule has 2 aromatic carbocycles. The summed E-state index contributed by atoms with van der Waals surface area (Å²) in [6.07, 6.45) is 3.56. The van der Waals surface area contributed by atoms with Crippen LogP contribution < -0.4 is 9.47 Å². The van der Waals surface area contributed by atoms with Gasteiger partial charge in [-0.2, -0.15) is 0 Å². The summed E-state index contributed by atoms with van der Waals surface area (Å²) in [5.74, 6) is 1.42. The third-order valence-electron chi connectivity index (χ3n) is 4.97. The highest BCUT2D eigenvalue weighted by Gasteiger charge is 2.31. The summed E-state index contributed by atoms with van der Waals surface area (Å²) in [4.78, 5) is 22.3. The lowest BCUT2D eigenvalue weighted by atomic mass is 10.0. The van der Waals surface area contributed by atoms with Gasteiger partial charge in [-0.05, 0) is 48.7 Å². The van der Waals surface area contributed by atoms with Crippen molar-refractivity contribution in [3.05, 3.63) is 53.9 Å². The van der Waals surface area contributed by atoms with Crippen molar-refractivity contribution in [1.82, 2.24) is 14.9 Å². The zero-order chi connectivity index (χ0) is 18.1. The maximum atomic E-state index is 13.1. The molecule has 0 bridgehead atoms. The second-order valence-corrected chi connectivity index (χ2v) is 6.41. The van der Waals surface area contributed by atoms with E-state index in [2.05, 4.69) is 9.97 Å². The number of H-pyrrole nitrogens is 1. The number of nitrogens with one attached hydrogen (secondary N) is 1. The van der Waals surface area contributed by atoms with E-state index < -0.39 is 0 Å². The Labute approximate surface area is 151 Å². The van der Waals surface area contributed by atoms with E-state index in [1.165, 1.54) is 0 Å². The second kappa shape index (κ2) is 6.71. The molecule has 0 aliphatic carbocycles. The van der Waals surface area contributed by atoms with E-state index in [0.717, 1.165) is 36.0 Å². The first-order chi connectivity index (χ1) is 12.7. The number of ether oxygens (including phenoxy) is 2. The van der Waals surface area contributed by atoms with Crippen molar-refractivity contribution >= 4 is 16.9 Å². The lowest BCUT2D eigenvalue weighted by Gasteiger charge is -2.26. The maximum Gasteiger partial charge on any atom is 0.254 e. The average Bonchev–Trinajstić information content (AvgIpc) is 3.35. The highest BCUT2D eigenvalue weighted by molar-refractivity contribution is 5.97. The Hall–Kier alpha value is -3.02. The maximum absolute atomic E-state index is 13.1. The van der Waals surface area contributed by atoms with E-state index >= 15 is 0 Å². The second-order valence-electron chi connectivity index (χ2n) is 6.41. The van der Waals surface area contributed by atoms with Crippen molar-refractivity contribution in [2.24, 2.45) is 0 Å². The Kier molecular flexibility index (Phi) is 4.24. The Bertz CT molecular complexity index is 950. The minimum absolute atomic E-state index is 0.0405. The lowest BCUT2D eigenvalue weighted by molar-refractivity contribution is 0.0735. The van der Waals surface area contributed by atoms with Gasteiger partial charge >= 0.3 is 0 Å². The number of aromatic amines is 1. The van der Waals surface area contributed by atoms with Gasteiger partial charge in [0.25, 0.3) is 5.91 Å². The van der Waals surface area contributed by atoms with Crippen molar-refractivity contribution in [3.8, 4) is 11.5 Å². The molecule has 0 radical (unpaired) electrons. The molecule has 0 unspecified atom stereocenters. The molecular weight excluding hydrogens is 330 g/mol. The van der Waals surface area contributed by atoms with Crippen LogP contribution in [-0.4, -0.2) is 41.5 Å². The summed E-state index contributed by atoms with van der Waals surface area (Å²) < 4.78 is 10.7. The quantitative estimate of drug-likeness (QED) is 0.780. The summed E-state index contributed by atoms with van der Waals surface area (Å²) >= 11 is 0. The van der Waals surface area contributed by atoms with Crippen molar-refractivity contribution in [3.63, 3.8) is 0 Å². The van der Waals surface area contributed by atoms with Crippen molar-refractivity contribution in [2.45, 2.75) is 18.9 Å². The van der Waals surface area contributed by atoms with Crippen molar-refractivity contribution in [1.29, 1.82) is 0 Å². The summed E-state index contributed by atoms with van der Waals surface area (Å²) in [6, 6.07) is 11.5. The predicted octanol–water partition coefficient (Wildman–Crippen LogP) is 3.56. The molecule has 1 N–H and O–H groups in total. The molecule has 4 rings (SSSR count). The predicted molar refractivity (Wildman–Crippen MR) is 98.7 cm³/mol. The van der Waals surface area contributed by atoms with Gasteiger partial charge in [-0.25, -0.2) is 4.98 Å². The van der Waals surface area contributed by atoms with Crippen LogP contribution in [0.2, 0.25) is 0 Å². The Balaban J connectivity index is 1.64. The van der Waals surface area contributed by atoms with Crippen LogP contribution in [0.25, 0.3) is 11.0 Å². The molecule has 0 saturated carbocycles. The number of likely N-dealkylation sites (tertiary alicyclic amines) is 1. The van der Waals surface area contributed by atoms with Crippen LogP contribution in [0.3, 0.4) is 0 Å². The van der Waals surface area contributed by atoms with Gasteiger partial charge in [0, 0.05) is 12.1 Å². The molecule has 1 aromatic heterocycles. The summed E-state index contributed by atoms with van der Waals surface area (Å²) in [6.45, 7) is 0.749. The van der Waals surface area contributed by atoms with E-state index in [-0.39, 0.29) is 11.9 Å². The number of rotatable bonds is 4. The van der Waals surface area contributed by atoms with E-state index in [0.29, 0.717) is 17.1 Å². The standard InChI is InChI=1S/C20H21N3O3/c1-25-18-8-6-13(11-19(18)26-2)17-4-3-9-23(17)20(24)14-5-7-15-16(10-14)22-12-21-15/h5-8,10-12,17H,3-4,9H2,1-2H3,(H,21,22)/t17-/m0/s1. The van der Waals surface area contributed by atoms with Crippen LogP contribution in [0.1, 0.15) is 34.8 Å². The summed E-state index contributed by atoms with van der Waals surface area (Å²) in [7, 11) is 3.24. The molecule has 1 fully saturated rings. The molecule has 1 amide bonds. The SMILES string of the molecule is COc1ccc([C@@H]2CCCN2C(=O)c2ccc3nc[nH]c3c2)cc1OC. The van der Waals surface area contributed by atoms with Gasteiger partial charge in [-0.15, -0.1) is 0 Å². The molecule has 0 spiro atoms. The van der Waals surface area contributed by atoms with Gasteiger partial charge in [0.05, 0.1) is 37.6 Å².